The first-order chi connectivity index (χ1) is 18.0. The minimum atomic E-state index is -0.268. The molecule has 37 heavy (non-hydrogen) atoms. The van der Waals surface area contributed by atoms with E-state index in [1.807, 2.05) is 76.3 Å². The summed E-state index contributed by atoms with van der Waals surface area (Å²) >= 11 is 12.0. The summed E-state index contributed by atoms with van der Waals surface area (Å²) in [7, 11) is 1.58. The maximum absolute atomic E-state index is 12.0. The summed E-state index contributed by atoms with van der Waals surface area (Å²) in [5.74, 6) is 1.18. The van der Waals surface area contributed by atoms with Gasteiger partial charge in [-0.25, -0.2) is 4.98 Å². The van der Waals surface area contributed by atoms with Gasteiger partial charge in [0.05, 0.1) is 29.6 Å². The van der Waals surface area contributed by atoms with Crippen molar-refractivity contribution in [1.29, 1.82) is 0 Å². The van der Waals surface area contributed by atoms with Gasteiger partial charge in [-0.3, -0.25) is 9.78 Å². The summed E-state index contributed by atoms with van der Waals surface area (Å²) < 4.78 is 7.64. The molecule has 10 heteroatoms. The predicted octanol–water partition coefficient (Wildman–Crippen LogP) is 5.45. The topological polar surface area (TPSA) is 84.3 Å². The Labute approximate surface area is 225 Å². The molecule has 0 spiro atoms. The van der Waals surface area contributed by atoms with E-state index >= 15 is 0 Å². The van der Waals surface area contributed by atoms with Gasteiger partial charge in [-0.05, 0) is 60.7 Å². The van der Waals surface area contributed by atoms with Crippen molar-refractivity contribution in [3.05, 3.63) is 95.7 Å². The van der Waals surface area contributed by atoms with Crippen LogP contribution in [0.4, 0.5) is 11.4 Å². The Balaban J connectivity index is 1.62. The molecule has 1 aliphatic heterocycles. The predicted molar refractivity (Wildman–Crippen MR) is 148 cm³/mol. The van der Waals surface area contributed by atoms with Gasteiger partial charge in [-0.1, -0.05) is 24.6 Å². The Kier molecular flexibility index (Phi) is 7.07. The molecule has 2 N–H and O–H groups in total. The monoisotopic (exact) mass is 532 g/mol. The summed E-state index contributed by atoms with van der Waals surface area (Å²) in [5.41, 5.74) is 3.22. The highest BCUT2D eigenvalue weighted by Gasteiger charge is 2.42. The molecular formula is C27H25ClN6O2S. The quantitative estimate of drug-likeness (QED) is 0.306. The summed E-state index contributed by atoms with van der Waals surface area (Å²) in [6.45, 7) is 1.80. The van der Waals surface area contributed by atoms with E-state index in [1.165, 1.54) is 0 Å². The smallest absolute Gasteiger partial charge is 0.224 e. The molecule has 4 heterocycles. The number of amides is 1. The Morgan fingerprint density at radius 3 is 2.73 bits per heavy atom. The largest absolute Gasteiger partial charge is 0.494 e. The summed E-state index contributed by atoms with van der Waals surface area (Å²) in [5, 5.41) is 7.46. The van der Waals surface area contributed by atoms with Gasteiger partial charge in [-0.15, -0.1) is 0 Å². The van der Waals surface area contributed by atoms with Crippen LogP contribution >= 0.6 is 23.8 Å². The number of thiocarbonyl (C=S) groups is 1. The van der Waals surface area contributed by atoms with Gasteiger partial charge >= 0.3 is 0 Å². The van der Waals surface area contributed by atoms with Gasteiger partial charge in [0, 0.05) is 42.5 Å². The molecule has 1 amide bonds. The molecule has 0 aliphatic carbocycles. The molecule has 0 unspecified atom stereocenters. The number of methoxy groups -OCH3 is 1. The van der Waals surface area contributed by atoms with Gasteiger partial charge in [0.15, 0.2) is 5.11 Å². The number of halogens is 1. The van der Waals surface area contributed by atoms with E-state index in [4.69, 9.17) is 28.6 Å². The van der Waals surface area contributed by atoms with Crippen LogP contribution in [0.15, 0.2) is 79.3 Å². The molecule has 1 aromatic carbocycles. The number of carbonyl (C=O) groups excluding carboxylic acids is 1. The third kappa shape index (κ3) is 4.87. The number of hydrogen-bond donors (Lipinski definition) is 2. The standard InChI is InChI=1S/C27H25ClN6O2S/c1-3-24(35)31-19-11-10-18(15-22(19)36-2)34-26(25(32-27(34)37)20-7-4-5-13-29-20)21-8-6-14-33(21)23-12-9-17(28)16-30-23/h4-16,25-26H,3H2,1-2H3,(H,31,35)(H,32,37)/t25-,26-/m0/s1. The Hall–Kier alpha value is -3.95. The third-order valence-electron chi connectivity index (χ3n) is 6.20. The van der Waals surface area contributed by atoms with E-state index in [1.54, 1.807) is 26.4 Å². The minimum absolute atomic E-state index is 0.0919. The lowest BCUT2D eigenvalue weighted by Gasteiger charge is -2.29. The van der Waals surface area contributed by atoms with Gasteiger partial charge in [0.1, 0.15) is 17.6 Å². The molecule has 2 atom stereocenters. The molecule has 1 fully saturated rings. The first kappa shape index (κ1) is 24.7. The van der Waals surface area contributed by atoms with Crippen molar-refractivity contribution in [3.8, 4) is 11.6 Å². The zero-order chi connectivity index (χ0) is 25.9. The van der Waals surface area contributed by atoms with Crippen LogP contribution in [0.2, 0.25) is 5.02 Å². The average Bonchev–Trinajstić information content (AvgIpc) is 3.54. The fraction of sp³-hybridized carbons (Fsp3) is 0.185. The summed E-state index contributed by atoms with van der Waals surface area (Å²) in [6.07, 6.45) is 5.73. The molecule has 1 aliphatic rings. The number of carbonyl (C=O) groups is 1. The Morgan fingerprint density at radius 1 is 1.16 bits per heavy atom. The number of benzene rings is 1. The summed E-state index contributed by atoms with van der Waals surface area (Å²) in [4.78, 5) is 23.2. The van der Waals surface area contributed by atoms with Crippen molar-refractivity contribution in [1.82, 2.24) is 19.9 Å². The molecule has 188 valence electrons. The lowest BCUT2D eigenvalue weighted by atomic mass is 10.0. The Bertz CT molecular complexity index is 1430. The molecule has 8 nitrogen and oxygen atoms in total. The zero-order valence-electron chi connectivity index (χ0n) is 20.3. The van der Waals surface area contributed by atoms with Crippen LogP contribution in [0.5, 0.6) is 5.75 Å². The van der Waals surface area contributed by atoms with Crippen LogP contribution < -0.4 is 20.3 Å². The molecule has 4 aromatic rings. The van der Waals surface area contributed by atoms with Crippen molar-refractivity contribution in [2.75, 3.05) is 17.3 Å². The fourth-order valence-corrected chi connectivity index (χ4v) is 4.92. The van der Waals surface area contributed by atoms with Gasteiger partial charge in [0.25, 0.3) is 0 Å². The van der Waals surface area contributed by atoms with Crippen molar-refractivity contribution in [2.45, 2.75) is 25.4 Å². The molecule has 0 radical (unpaired) electrons. The maximum atomic E-state index is 12.0. The average molecular weight is 533 g/mol. The number of aromatic nitrogens is 3. The van der Waals surface area contributed by atoms with E-state index in [0.717, 1.165) is 22.9 Å². The van der Waals surface area contributed by atoms with E-state index in [0.29, 0.717) is 28.0 Å². The SMILES string of the molecule is CCC(=O)Nc1ccc(N2C(=S)N[C@@H](c3ccccn3)[C@@H]2c2cccn2-c2ccc(Cl)cn2)cc1OC. The molecule has 1 saturated heterocycles. The first-order valence-electron chi connectivity index (χ1n) is 11.8. The van der Waals surface area contributed by atoms with Crippen molar-refractivity contribution >= 4 is 46.2 Å². The first-order valence-corrected chi connectivity index (χ1v) is 12.6. The molecule has 3 aromatic heterocycles. The second kappa shape index (κ2) is 10.6. The van der Waals surface area contributed by atoms with Crippen LogP contribution in [0.25, 0.3) is 5.82 Å². The second-order valence-electron chi connectivity index (χ2n) is 8.42. The molecule has 5 rings (SSSR count). The van der Waals surface area contributed by atoms with Crippen LogP contribution in [0.1, 0.15) is 36.8 Å². The van der Waals surface area contributed by atoms with Crippen LogP contribution in [-0.2, 0) is 4.79 Å². The van der Waals surface area contributed by atoms with Crippen molar-refractivity contribution in [2.24, 2.45) is 0 Å². The molecule has 0 saturated carbocycles. The number of hydrogen-bond acceptors (Lipinski definition) is 5. The van der Waals surface area contributed by atoms with E-state index in [2.05, 4.69) is 20.6 Å². The third-order valence-corrected chi connectivity index (χ3v) is 6.74. The number of rotatable bonds is 7. The van der Waals surface area contributed by atoms with Gasteiger partial charge in [0.2, 0.25) is 5.91 Å². The van der Waals surface area contributed by atoms with Crippen molar-refractivity contribution in [3.63, 3.8) is 0 Å². The van der Waals surface area contributed by atoms with Crippen molar-refractivity contribution < 1.29 is 9.53 Å². The van der Waals surface area contributed by atoms with Gasteiger partial charge in [-0.2, -0.15) is 0 Å². The number of ether oxygens (including phenoxy) is 1. The zero-order valence-corrected chi connectivity index (χ0v) is 21.8. The molecular weight excluding hydrogens is 508 g/mol. The van der Waals surface area contributed by atoms with E-state index in [-0.39, 0.29) is 18.0 Å². The second-order valence-corrected chi connectivity index (χ2v) is 9.24. The number of nitrogens with zero attached hydrogens (tertiary/aromatic N) is 4. The summed E-state index contributed by atoms with van der Waals surface area (Å²) in [6, 6.07) is 18.7. The lowest BCUT2D eigenvalue weighted by Crippen LogP contribution is -2.30. The number of nitrogens with one attached hydrogen (secondary N) is 2. The van der Waals surface area contributed by atoms with Crippen LogP contribution in [-0.4, -0.2) is 32.7 Å². The fourth-order valence-electron chi connectivity index (χ4n) is 4.46. The normalized spacial score (nSPS) is 16.9. The highest BCUT2D eigenvalue weighted by molar-refractivity contribution is 7.80. The van der Waals surface area contributed by atoms with E-state index in [9.17, 15) is 4.79 Å². The Morgan fingerprint density at radius 2 is 2.03 bits per heavy atom. The van der Waals surface area contributed by atoms with Crippen LogP contribution in [0.3, 0.4) is 0 Å². The van der Waals surface area contributed by atoms with E-state index < -0.39 is 0 Å². The number of anilines is 2. The minimum Gasteiger partial charge on any atom is -0.494 e. The number of pyridine rings is 2. The molecule has 0 bridgehead atoms. The highest BCUT2D eigenvalue weighted by Crippen LogP contribution is 2.43. The van der Waals surface area contributed by atoms with Gasteiger partial charge < -0.3 is 24.8 Å². The highest BCUT2D eigenvalue weighted by atomic mass is 35.5. The maximum Gasteiger partial charge on any atom is 0.224 e. The lowest BCUT2D eigenvalue weighted by molar-refractivity contribution is -0.115. The van der Waals surface area contributed by atoms with Crippen LogP contribution in [0, 0.1) is 0 Å².